The van der Waals surface area contributed by atoms with Crippen molar-refractivity contribution >= 4 is 30.8 Å². The van der Waals surface area contributed by atoms with Crippen molar-refractivity contribution in [2.45, 2.75) is 0 Å². The molecule has 0 amide bonds. The van der Waals surface area contributed by atoms with Gasteiger partial charge in [0, 0.05) is 24.2 Å². The predicted molar refractivity (Wildman–Crippen MR) is 68.9 cm³/mol. The third-order valence-electron chi connectivity index (χ3n) is 1.97. The molecule has 0 bridgehead atoms. The summed E-state index contributed by atoms with van der Waals surface area (Å²) in [6, 6.07) is 6.65. The molecular formula is C11H10Cl2N2O2. The molecule has 0 fully saturated rings. The van der Waals surface area contributed by atoms with E-state index >= 15 is 0 Å². The van der Waals surface area contributed by atoms with E-state index in [9.17, 15) is 4.79 Å². The molecule has 0 aliphatic carbocycles. The van der Waals surface area contributed by atoms with Gasteiger partial charge in [-0.2, -0.15) is 0 Å². The van der Waals surface area contributed by atoms with E-state index in [0.717, 1.165) is 0 Å². The van der Waals surface area contributed by atoms with Crippen molar-refractivity contribution < 1.29 is 9.90 Å². The minimum atomic E-state index is -0.984. The van der Waals surface area contributed by atoms with E-state index in [4.69, 9.17) is 5.11 Å². The van der Waals surface area contributed by atoms with Gasteiger partial charge in [-0.3, -0.25) is 9.97 Å². The molecule has 0 unspecified atom stereocenters. The van der Waals surface area contributed by atoms with Gasteiger partial charge in [0.15, 0.2) is 0 Å². The molecule has 90 valence electrons. The summed E-state index contributed by atoms with van der Waals surface area (Å²) in [7, 11) is 0. The Bertz CT molecular complexity index is 492. The molecular weight excluding hydrogens is 263 g/mol. The first kappa shape index (κ1) is 15.3. The van der Waals surface area contributed by atoms with E-state index in [1.54, 1.807) is 36.8 Å². The van der Waals surface area contributed by atoms with E-state index in [2.05, 4.69) is 9.97 Å². The third-order valence-corrected chi connectivity index (χ3v) is 1.97. The highest BCUT2D eigenvalue weighted by Crippen LogP contribution is 2.19. The third kappa shape index (κ3) is 3.41. The molecule has 1 N–H and O–H groups in total. The van der Waals surface area contributed by atoms with Gasteiger partial charge in [-0.1, -0.05) is 0 Å². The van der Waals surface area contributed by atoms with Gasteiger partial charge >= 0.3 is 5.97 Å². The average molecular weight is 273 g/mol. The van der Waals surface area contributed by atoms with Crippen LogP contribution >= 0.6 is 24.8 Å². The second kappa shape index (κ2) is 6.83. The first-order valence-electron chi connectivity index (χ1n) is 4.38. The minimum absolute atomic E-state index is 0. The highest BCUT2D eigenvalue weighted by molar-refractivity contribution is 5.94. The molecule has 0 aliphatic rings. The highest BCUT2D eigenvalue weighted by Gasteiger charge is 2.11. The van der Waals surface area contributed by atoms with Crippen molar-refractivity contribution in [3.63, 3.8) is 0 Å². The molecule has 0 saturated carbocycles. The number of carboxylic acid groups (broad SMARTS) is 1. The van der Waals surface area contributed by atoms with Crippen LogP contribution in [0.3, 0.4) is 0 Å². The van der Waals surface area contributed by atoms with Crippen LogP contribution in [0.15, 0.2) is 42.9 Å². The summed E-state index contributed by atoms with van der Waals surface area (Å²) in [4.78, 5) is 18.9. The summed E-state index contributed by atoms with van der Waals surface area (Å²) in [6.07, 6.45) is 4.79. The number of carbonyl (C=O) groups is 1. The Hall–Kier alpha value is -1.65. The lowest BCUT2D eigenvalue weighted by molar-refractivity contribution is 0.0697. The Kier molecular flexibility index (Phi) is 6.17. The topological polar surface area (TPSA) is 63.1 Å². The van der Waals surface area contributed by atoms with Crippen LogP contribution in [0, 0.1) is 0 Å². The summed E-state index contributed by atoms with van der Waals surface area (Å²) < 4.78 is 0. The van der Waals surface area contributed by atoms with Crippen LogP contribution in [0.5, 0.6) is 0 Å². The van der Waals surface area contributed by atoms with Gasteiger partial charge in [0.25, 0.3) is 0 Å². The summed E-state index contributed by atoms with van der Waals surface area (Å²) in [5.74, 6) is -0.984. The zero-order valence-corrected chi connectivity index (χ0v) is 10.2. The van der Waals surface area contributed by atoms with Crippen molar-refractivity contribution in [3.8, 4) is 11.3 Å². The zero-order valence-electron chi connectivity index (χ0n) is 8.61. The Morgan fingerprint density at radius 3 is 2.41 bits per heavy atom. The number of carboxylic acids is 1. The van der Waals surface area contributed by atoms with Crippen molar-refractivity contribution in [2.75, 3.05) is 0 Å². The SMILES string of the molecule is Cl.Cl.O=C(O)c1cccnc1-c1cccnc1. The van der Waals surface area contributed by atoms with Crippen LogP contribution in [0.2, 0.25) is 0 Å². The normalized spacial score (nSPS) is 8.71. The van der Waals surface area contributed by atoms with Crippen LogP contribution in [0.25, 0.3) is 11.3 Å². The molecule has 2 aromatic heterocycles. The molecule has 0 saturated heterocycles. The number of nitrogens with zero attached hydrogens (tertiary/aromatic N) is 2. The molecule has 0 aliphatic heterocycles. The van der Waals surface area contributed by atoms with Crippen LogP contribution in [-0.4, -0.2) is 21.0 Å². The van der Waals surface area contributed by atoms with E-state index in [0.29, 0.717) is 11.3 Å². The van der Waals surface area contributed by atoms with E-state index in [-0.39, 0.29) is 30.4 Å². The fourth-order valence-electron chi connectivity index (χ4n) is 1.31. The summed E-state index contributed by atoms with van der Waals surface area (Å²) in [6.45, 7) is 0. The number of halogens is 2. The molecule has 0 radical (unpaired) electrons. The smallest absolute Gasteiger partial charge is 0.337 e. The number of aromatic carboxylic acids is 1. The van der Waals surface area contributed by atoms with E-state index in [1.807, 2.05) is 0 Å². The maximum atomic E-state index is 10.9. The number of aromatic nitrogens is 2. The largest absolute Gasteiger partial charge is 0.478 e. The molecule has 2 rings (SSSR count). The summed E-state index contributed by atoms with van der Waals surface area (Å²) in [5, 5.41) is 8.97. The lowest BCUT2D eigenvalue weighted by Crippen LogP contribution is -2.01. The maximum Gasteiger partial charge on any atom is 0.337 e. The van der Waals surface area contributed by atoms with Gasteiger partial charge in [0.05, 0.1) is 11.3 Å². The quantitative estimate of drug-likeness (QED) is 0.913. The molecule has 4 nitrogen and oxygen atoms in total. The van der Waals surface area contributed by atoms with Crippen molar-refractivity contribution in [3.05, 3.63) is 48.4 Å². The van der Waals surface area contributed by atoms with Gasteiger partial charge in [0.1, 0.15) is 0 Å². The Labute approximate surface area is 111 Å². The molecule has 0 spiro atoms. The first-order chi connectivity index (χ1) is 7.29. The lowest BCUT2D eigenvalue weighted by atomic mass is 10.1. The Morgan fingerprint density at radius 1 is 1.12 bits per heavy atom. The number of pyridine rings is 2. The number of hydrogen-bond donors (Lipinski definition) is 1. The van der Waals surface area contributed by atoms with Crippen LogP contribution in [-0.2, 0) is 0 Å². The molecule has 2 aromatic rings. The predicted octanol–water partition coefficient (Wildman–Crippen LogP) is 2.69. The summed E-state index contributed by atoms with van der Waals surface area (Å²) >= 11 is 0. The van der Waals surface area contributed by atoms with Crippen molar-refractivity contribution in [1.82, 2.24) is 9.97 Å². The molecule has 17 heavy (non-hydrogen) atoms. The standard InChI is InChI=1S/C11H8N2O2.2ClH/c14-11(15)9-4-2-6-13-10(9)8-3-1-5-12-7-8;;/h1-7H,(H,14,15);2*1H. The van der Waals surface area contributed by atoms with Crippen molar-refractivity contribution in [1.29, 1.82) is 0 Å². The maximum absolute atomic E-state index is 10.9. The lowest BCUT2D eigenvalue weighted by Gasteiger charge is -2.03. The van der Waals surface area contributed by atoms with Crippen LogP contribution in [0.4, 0.5) is 0 Å². The second-order valence-corrected chi connectivity index (χ2v) is 2.95. The molecule has 2 heterocycles. The molecule has 6 heteroatoms. The van der Waals surface area contributed by atoms with Crippen LogP contribution < -0.4 is 0 Å². The van der Waals surface area contributed by atoms with Crippen molar-refractivity contribution in [2.24, 2.45) is 0 Å². The van der Waals surface area contributed by atoms with Gasteiger partial charge in [-0.05, 0) is 24.3 Å². The van der Waals surface area contributed by atoms with E-state index in [1.165, 1.54) is 6.07 Å². The fourth-order valence-corrected chi connectivity index (χ4v) is 1.31. The highest BCUT2D eigenvalue weighted by atomic mass is 35.5. The Balaban J connectivity index is 0.00000128. The van der Waals surface area contributed by atoms with Gasteiger partial charge < -0.3 is 5.11 Å². The zero-order chi connectivity index (χ0) is 10.7. The molecule has 0 aromatic carbocycles. The summed E-state index contributed by atoms with van der Waals surface area (Å²) in [5.41, 5.74) is 1.33. The minimum Gasteiger partial charge on any atom is -0.478 e. The fraction of sp³-hybridized carbons (Fsp3) is 0. The molecule has 0 atom stereocenters. The van der Waals surface area contributed by atoms with Crippen LogP contribution in [0.1, 0.15) is 10.4 Å². The van der Waals surface area contributed by atoms with Gasteiger partial charge in [0.2, 0.25) is 0 Å². The van der Waals surface area contributed by atoms with Gasteiger partial charge in [-0.15, -0.1) is 24.8 Å². The number of hydrogen-bond acceptors (Lipinski definition) is 3. The average Bonchev–Trinajstić information content (AvgIpc) is 2.30. The number of rotatable bonds is 2. The van der Waals surface area contributed by atoms with Gasteiger partial charge in [-0.25, -0.2) is 4.79 Å². The Morgan fingerprint density at radius 2 is 1.82 bits per heavy atom. The second-order valence-electron chi connectivity index (χ2n) is 2.95. The van der Waals surface area contributed by atoms with E-state index < -0.39 is 5.97 Å². The first-order valence-corrected chi connectivity index (χ1v) is 4.38. The monoisotopic (exact) mass is 272 g/mol.